The molecule has 2 N–H and O–H groups in total. The van der Waals surface area contributed by atoms with Gasteiger partial charge in [0, 0.05) is 27.7 Å². The molecule has 0 fully saturated rings. The van der Waals surface area contributed by atoms with Gasteiger partial charge in [-0.05, 0) is 26.0 Å². The van der Waals surface area contributed by atoms with Crippen molar-refractivity contribution in [3.05, 3.63) is 24.3 Å². The van der Waals surface area contributed by atoms with Crippen molar-refractivity contribution in [2.24, 2.45) is 5.41 Å². The summed E-state index contributed by atoms with van der Waals surface area (Å²) in [6.07, 6.45) is 0. The molecule has 0 aliphatic rings. The molecule has 1 rings (SSSR count). The molecule has 0 radical (unpaired) electrons. The van der Waals surface area contributed by atoms with Crippen LogP contribution in [-0.2, 0) is 14.8 Å². The van der Waals surface area contributed by atoms with Crippen LogP contribution in [0.4, 0.5) is 5.69 Å². The summed E-state index contributed by atoms with van der Waals surface area (Å²) in [5, 5.41) is 5.66. The minimum atomic E-state index is -3.53. The number of amides is 1. The number of para-hydroxylation sites is 1. The molecule has 0 heterocycles. The number of carbonyl (C=O) groups excluding carboxylic acids is 1. The van der Waals surface area contributed by atoms with Gasteiger partial charge in [0.05, 0.1) is 11.1 Å². The van der Waals surface area contributed by atoms with E-state index in [1.807, 2.05) is 0 Å². The minimum absolute atomic E-state index is 0.108. The summed E-state index contributed by atoms with van der Waals surface area (Å²) in [7, 11) is 1.02. The summed E-state index contributed by atoms with van der Waals surface area (Å²) in [5.74, 6) is -0.108. The lowest BCUT2D eigenvalue weighted by atomic mass is 9.92. The van der Waals surface area contributed by atoms with Gasteiger partial charge >= 0.3 is 0 Å². The summed E-state index contributed by atoms with van der Waals surface area (Å²) in [5.41, 5.74) is -0.160. The minimum Gasteiger partial charge on any atom is -0.383 e. The normalized spacial score (nSPS) is 12.3. The smallest absolute Gasteiger partial charge is 0.244 e. The van der Waals surface area contributed by atoms with E-state index >= 15 is 0 Å². The predicted molar refractivity (Wildman–Crippen MR) is 83.7 cm³/mol. The third kappa shape index (κ3) is 3.95. The first kappa shape index (κ1) is 17.5. The topological polar surface area (TPSA) is 78.5 Å². The van der Waals surface area contributed by atoms with E-state index < -0.39 is 15.4 Å². The van der Waals surface area contributed by atoms with Gasteiger partial charge in [0.2, 0.25) is 15.9 Å². The second-order valence-electron chi connectivity index (χ2n) is 5.60. The molecule has 0 saturated carbocycles. The van der Waals surface area contributed by atoms with E-state index in [1.165, 1.54) is 14.1 Å². The van der Waals surface area contributed by atoms with Crippen LogP contribution < -0.4 is 10.6 Å². The number of rotatable bonds is 6. The van der Waals surface area contributed by atoms with Gasteiger partial charge < -0.3 is 10.6 Å². The molecule has 118 valence electrons. The fourth-order valence-corrected chi connectivity index (χ4v) is 2.83. The van der Waals surface area contributed by atoms with Crippen molar-refractivity contribution in [1.82, 2.24) is 9.62 Å². The molecule has 1 aromatic carbocycles. The molecule has 0 aromatic heterocycles. The number of carbonyl (C=O) groups is 1. The average molecular weight is 313 g/mol. The largest absolute Gasteiger partial charge is 0.383 e. The van der Waals surface area contributed by atoms with Crippen molar-refractivity contribution in [1.29, 1.82) is 0 Å². The van der Waals surface area contributed by atoms with E-state index in [4.69, 9.17) is 0 Å². The Morgan fingerprint density at radius 1 is 1.24 bits per heavy atom. The molecule has 0 bridgehead atoms. The molecule has 0 saturated heterocycles. The average Bonchev–Trinajstić information content (AvgIpc) is 2.44. The number of nitrogens with zero attached hydrogens (tertiary/aromatic N) is 1. The molecule has 0 aliphatic heterocycles. The van der Waals surface area contributed by atoms with Crippen LogP contribution >= 0.6 is 0 Å². The Morgan fingerprint density at radius 2 is 1.81 bits per heavy atom. The number of anilines is 1. The van der Waals surface area contributed by atoms with Crippen molar-refractivity contribution in [3.63, 3.8) is 0 Å². The number of benzene rings is 1. The summed E-state index contributed by atoms with van der Waals surface area (Å²) >= 11 is 0. The predicted octanol–water partition coefficient (Wildman–Crippen LogP) is 1.12. The van der Waals surface area contributed by atoms with Gasteiger partial charge in [-0.1, -0.05) is 12.1 Å². The number of hydrogen-bond donors (Lipinski definition) is 2. The Hall–Kier alpha value is -1.60. The molecule has 0 unspecified atom stereocenters. The maximum atomic E-state index is 12.3. The third-order valence-electron chi connectivity index (χ3n) is 3.21. The first-order valence-corrected chi connectivity index (χ1v) is 8.04. The molecule has 0 aliphatic carbocycles. The highest BCUT2D eigenvalue weighted by Gasteiger charge is 2.27. The fraction of sp³-hybridized carbons (Fsp3) is 0.500. The first-order chi connectivity index (χ1) is 9.63. The summed E-state index contributed by atoms with van der Waals surface area (Å²) in [6.45, 7) is 3.91. The van der Waals surface area contributed by atoms with Crippen molar-refractivity contribution in [2.45, 2.75) is 18.7 Å². The van der Waals surface area contributed by atoms with Crippen LogP contribution in [0.15, 0.2) is 29.2 Å². The summed E-state index contributed by atoms with van der Waals surface area (Å²) < 4.78 is 25.7. The molecule has 21 heavy (non-hydrogen) atoms. The maximum Gasteiger partial charge on any atom is 0.244 e. The highest BCUT2D eigenvalue weighted by Crippen LogP contribution is 2.25. The maximum absolute atomic E-state index is 12.3. The molecule has 1 amide bonds. The van der Waals surface area contributed by atoms with Gasteiger partial charge in [0.1, 0.15) is 4.90 Å². The Morgan fingerprint density at radius 3 is 2.33 bits per heavy atom. The van der Waals surface area contributed by atoms with E-state index in [9.17, 15) is 13.2 Å². The highest BCUT2D eigenvalue weighted by atomic mass is 32.2. The van der Waals surface area contributed by atoms with Crippen LogP contribution in [0.3, 0.4) is 0 Å². The summed E-state index contributed by atoms with van der Waals surface area (Å²) in [6, 6.07) is 6.66. The van der Waals surface area contributed by atoms with E-state index in [2.05, 4.69) is 10.6 Å². The highest BCUT2D eigenvalue weighted by molar-refractivity contribution is 7.89. The molecule has 7 heteroatoms. The van der Waals surface area contributed by atoms with Gasteiger partial charge in [-0.15, -0.1) is 0 Å². The SMILES string of the molecule is CNC(=O)C(C)(C)CNc1ccccc1S(=O)(=O)N(C)C. The fourth-order valence-electron chi connectivity index (χ4n) is 1.77. The number of sulfonamides is 1. The summed E-state index contributed by atoms with van der Waals surface area (Å²) in [4.78, 5) is 12.0. The first-order valence-electron chi connectivity index (χ1n) is 6.60. The van der Waals surface area contributed by atoms with E-state index in [-0.39, 0.29) is 10.8 Å². The van der Waals surface area contributed by atoms with Crippen molar-refractivity contribution < 1.29 is 13.2 Å². The van der Waals surface area contributed by atoms with E-state index in [0.29, 0.717) is 12.2 Å². The van der Waals surface area contributed by atoms with Gasteiger partial charge in [-0.25, -0.2) is 12.7 Å². The number of nitrogens with one attached hydrogen (secondary N) is 2. The van der Waals surface area contributed by atoms with Gasteiger partial charge in [-0.3, -0.25) is 4.79 Å². The van der Waals surface area contributed by atoms with Crippen LogP contribution in [0.2, 0.25) is 0 Å². The lowest BCUT2D eigenvalue weighted by Gasteiger charge is -2.24. The standard InChI is InChI=1S/C14H23N3O3S/c1-14(2,13(18)15-3)10-16-11-8-6-7-9-12(11)21(19,20)17(4)5/h6-9,16H,10H2,1-5H3,(H,15,18). The Balaban J connectivity index is 3.04. The molecule has 1 aromatic rings. The molecule has 6 nitrogen and oxygen atoms in total. The molecular formula is C14H23N3O3S. The second-order valence-corrected chi connectivity index (χ2v) is 7.72. The second kappa shape index (κ2) is 6.44. The van der Waals surface area contributed by atoms with E-state index in [1.54, 1.807) is 45.2 Å². The van der Waals surface area contributed by atoms with Crippen LogP contribution in [0.5, 0.6) is 0 Å². The van der Waals surface area contributed by atoms with Gasteiger partial charge in [-0.2, -0.15) is 0 Å². The van der Waals surface area contributed by atoms with Crippen LogP contribution in [-0.4, -0.2) is 46.3 Å². The lowest BCUT2D eigenvalue weighted by Crippen LogP contribution is -2.39. The van der Waals surface area contributed by atoms with Crippen molar-refractivity contribution in [3.8, 4) is 0 Å². The van der Waals surface area contributed by atoms with Crippen LogP contribution in [0.1, 0.15) is 13.8 Å². The zero-order valence-corrected chi connectivity index (χ0v) is 13.9. The Kier molecular flexibility index (Phi) is 5.36. The lowest BCUT2D eigenvalue weighted by molar-refractivity contribution is -0.128. The molecule has 0 atom stereocenters. The Bertz CT molecular complexity index is 610. The van der Waals surface area contributed by atoms with Crippen molar-refractivity contribution >= 4 is 21.6 Å². The zero-order valence-electron chi connectivity index (χ0n) is 13.1. The third-order valence-corrected chi connectivity index (χ3v) is 5.08. The monoisotopic (exact) mass is 313 g/mol. The van der Waals surface area contributed by atoms with Crippen LogP contribution in [0.25, 0.3) is 0 Å². The molecule has 0 spiro atoms. The Labute approximate surface area is 126 Å². The van der Waals surface area contributed by atoms with Gasteiger partial charge in [0.25, 0.3) is 0 Å². The van der Waals surface area contributed by atoms with E-state index in [0.717, 1.165) is 4.31 Å². The zero-order chi connectivity index (χ0) is 16.3. The van der Waals surface area contributed by atoms with Crippen molar-refractivity contribution in [2.75, 3.05) is 33.0 Å². The van der Waals surface area contributed by atoms with Gasteiger partial charge in [0.15, 0.2) is 0 Å². The quantitative estimate of drug-likeness (QED) is 0.825. The number of hydrogen-bond acceptors (Lipinski definition) is 4. The molecular weight excluding hydrogens is 290 g/mol. The van der Waals surface area contributed by atoms with Crippen LogP contribution in [0, 0.1) is 5.41 Å².